The first-order valence-electron chi connectivity index (χ1n) is 8.76. The van der Waals surface area contributed by atoms with E-state index < -0.39 is 11.5 Å². The van der Waals surface area contributed by atoms with Gasteiger partial charge in [0.15, 0.2) is 0 Å². The van der Waals surface area contributed by atoms with Gasteiger partial charge in [-0.05, 0) is 49.0 Å². The molecule has 0 aliphatic heterocycles. The van der Waals surface area contributed by atoms with E-state index >= 15 is 0 Å². The third kappa shape index (κ3) is 4.00. The van der Waals surface area contributed by atoms with E-state index in [1.807, 2.05) is 30.3 Å². The normalized spacial score (nSPS) is 11.0. The topological polar surface area (TPSA) is 62.6 Å². The number of carbonyl (C=O) groups is 1. The fourth-order valence-corrected chi connectivity index (χ4v) is 2.85. The zero-order chi connectivity index (χ0) is 18.5. The maximum absolute atomic E-state index is 12.5. The minimum Gasteiger partial charge on any atom is -0.422 e. The standard InChI is InChI=1S/C21H22N2O3/c1-3-23(4-2)14-15-10-11-19-16(12-15)13-18(21(25)26-19)20(24)22-17-8-6-5-7-9-17/h5-13H,3-4,14H2,1-2H3,(H,22,24). The van der Waals surface area contributed by atoms with E-state index in [9.17, 15) is 9.59 Å². The zero-order valence-corrected chi connectivity index (χ0v) is 15.0. The monoisotopic (exact) mass is 350 g/mol. The maximum Gasteiger partial charge on any atom is 0.349 e. The van der Waals surface area contributed by atoms with Gasteiger partial charge in [-0.25, -0.2) is 4.79 Å². The van der Waals surface area contributed by atoms with Crippen molar-refractivity contribution in [2.24, 2.45) is 0 Å². The Hall–Kier alpha value is -2.92. The van der Waals surface area contributed by atoms with E-state index in [1.165, 1.54) is 0 Å². The summed E-state index contributed by atoms with van der Waals surface area (Å²) in [6.45, 7) is 6.98. The van der Waals surface area contributed by atoms with Crippen LogP contribution >= 0.6 is 0 Å². The summed E-state index contributed by atoms with van der Waals surface area (Å²) in [5.74, 6) is -0.471. The van der Waals surface area contributed by atoms with Crippen LogP contribution in [0.3, 0.4) is 0 Å². The number of hydrogen-bond donors (Lipinski definition) is 1. The van der Waals surface area contributed by atoms with Crippen molar-refractivity contribution >= 4 is 22.6 Å². The summed E-state index contributed by atoms with van der Waals surface area (Å²) in [5.41, 5.74) is 1.59. The van der Waals surface area contributed by atoms with Gasteiger partial charge >= 0.3 is 5.63 Å². The first kappa shape index (κ1) is 17.9. The molecule has 0 spiro atoms. The largest absolute Gasteiger partial charge is 0.422 e. The number of benzene rings is 2. The second-order valence-electron chi connectivity index (χ2n) is 6.10. The lowest BCUT2D eigenvalue weighted by Crippen LogP contribution is -2.22. The van der Waals surface area contributed by atoms with Gasteiger partial charge in [-0.1, -0.05) is 38.1 Å². The van der Waals surface area contributed by atoms with Crippen LogP contribution in [0.1, 0.15) is 29.8 Å². The molecule has 0 aliphatic rings. The summed E-state index contributed by atoms with van der Waals surface area (Å²) in [7, 11) is 0. The van der Waals surface area contributed by atoms with Crippen LogP contribution in [0.25, 0.3) is 11.0 Å². The van der Waals surface area contributed by atoms with Crippen LogP contribution < -0.4 is 10.9 Å². The van der Waals surface area contributed by atoms with Crippen molar-refractivity contribution in [2.45, 2.75) is 20.4 Å². The summed E-state index contributed by atoms with van der Waals surface area (Å²) >= 11 is 0. The Morgan fingerprint density at radius 2 is 1.77 bits per heavy atom. The molecule has 0 fully saturated rings. The van der Waals surface area contributed by atoms with Crippen LogP contribution in [0.5, 0.6) is 0 Å². The van der Waals surface area contributed by atoms with Crippen molar-refractivity contribution in [1.29, 1.82) is 0 Å². The van der Waals surface area contributed by atoms with Crippen LogP contribution in [0.2, 0.25) is 0 Å². The van der Waals surface area contributed by atoms with E-state index in [-0.39, 0.29) is 5.56 Å². The minimum atomic E-state index is -0.637. The van der Waals surface area contributed by atoms with Crippen LogP contribution in [0.4, 0.5) is 5.69 Å². The molecule has 0 atom stereocenters. The molecule has 3 aromatic rings. The van der Waals surface area contributed by atoms with E-state index in [4.69, 9.17) is 4.42 Å². The van der Waals surface area contributed by atoms with Crippen molar-refractivity contribution in [3.8, 4) is 0 Å². The highest BCUT2D eigenvalue weighted by Gasteiger charge is 2.14. The molecule has 0 saturated heterocycles. The number of fused-ring (bicyclic) bond motifs is 1. The Labute approximate surface area is 152 Å². The number of rotatable bonds is 6. The first-order chi connectivity index (χ1) is 12.6. The maximum atomic E-state index is 12.5. The zero-order valence-electron chi connectivity index (χ0n) is 15.0. The lowest BCUT2D eigenvalue weighted by molar-refractivity contribution is 0.102. The van der Waals surface area contributed by atoms with Gasteiger partial charge in [-0.2, -0.15) is 0 Å². The fraction of sp³-hybridized carbons (Fsp3) is 0.238. The minimum absolute atomic E-state index is 0.00124. The molecular weight excluding hydrogens is 328 g/mol. The van der Waals surface area contributed by atoms with E-state index in [2.05, 4.69) is 24.1 Å². The van der Waals surface area contributed by atoms with Gasteiger partial charge in [0.1, 0.15) is 11.1 Å². The molecule has 0 radical (unpaired) electrons. The number of nitrogens with zero attached hydrogens (tertiary/aromatic N) is 1. The van der Waals surface area contributed by atoms with Crippen molar-refractivity contribution in [2.75, 3.05) is 18.4 Å². The molecule has 26 heavy (non-hydrogen) atoms. The van der Waals surface area contributed by atoms with Crippen LogP contribution in [-0.4, -0.2) is 23.9 Å². The van der Waals surface area contributed by atoms with E-state index in [0.29, 0.717) is 11.3 Å². The predicted octanol–water partition coefficient (Wildman–Crippen LogP) is 3.89. The molecule has 134 valence electrons. The van der Waals surface area contributed by atoms with Crippen molar-refractivity contribution in [3.63, 3.8) is 0 Å². The average Bonchev–Trinajstić information content (AvgIpc) is 2.66. The van der Waals surface area contributed by atoms with Crippen molar-refractivity contribution in [3.05, 3.63) is 76.1 Å². The lowest BCUT2D eigenvalue weighted by Gasteiger charge is -2.18. The molecule has 0 aliphatic carbocycles. The van der Waals surface area contributed by atoms with E-state index in [0.717, 1.165) is 30.6 Å². The molecule has 0 saturated carbocycles. The Bertz CT molecular complexity index is 960. The summed E-state index contributed by atoms with van der Waals surface area (Å²) in [4.78, 5) is 26.9. The van der Waals surface area contributed by atoms with Gasteiger partial charge in [0, 0.05) is 17.6 Å². The Morgan fingerprint density at radius 1 is 1.04 bits per heavy atom. The third-order valence-corrected chi connectivity index (χ3v) is 4.37. The molecule has 1 amide bonds. The van der Waals surface area contributed by atoms with Crippen molar-refractivity contribution < 1.29 is 9.21 Å². The molecular formula is C21H22N2O3. The first-order valence-corrected chi connectivity index (χ1v) is 8.76. The third-order valence-electron chi connectivity index (χ3n) is 4.37. The quantitative estimate of drug-likeness (QED) is 0.685. The van der Waals surface area contributed by atoms with Crippen LogP contribution in [0.15, 0.2) is 63.8 Å². The smallest absolute Gasteiger partial charge is 0.349 e. The van der Waals surface area contributed by atoms with Gasteiger partial charge in [0.2, 0.25) is 0 Å². The highest BCUT2D eigenvalue weighted by Crippen LogP contribution is 2.18. The van der Waals surface area contributed by atoms with Crippen LogP contribution in [-0.2, 0) is 6.54 Å². The molecule has 5 heteroatoms. The van der Waals surface area contributed by atoms with Gasteiger partial charge in [0.05, 0.1) is 0 Å². The number of amides is 1. The van der Waals surface area contributed by atoms with Gasteiger partial charge in [-0.3, -0.25) is 9.69 Å². The number of anilines is 1. The molecule has 1 heterocycles. The fourth-order valence-electron chi connectivity index (χ4n) is 2.85. The molecule has 3 rings (SSSR count). The second-order valence-corrected chi connectivity index (χ2v) is 6.10. The average molecular weight is 350 g/mol. The Kier molecular flexibility index (Phi) is 5.49. The number of nitrogens with one attached hydrogen (secondary N) is 1. The molecule has 0 unspecified atom stereocenters. The Balaban J connectivity index is 1.92. The highest BCUT2D eigenvalue weighted by atomic mass is 16.4. The summed E-state index contributed by atoms with van der Waals surface area (Å²) < 4.78 is 5.33. The van der Waals surface area contributed by atoms with E-state index in [1.54, 1.807) is 24.3 Å². The molecule has 5 nitrogen and oxygen atoms in total. The van der Waals surface area contributed by atoms with Gasteiger partial charge < -0.3 is 9.73 Å². The van der Waals surface area contributed by atoms with Crippen molar-refractivity contribution in [1.82, 2.24) is 4.90 Å². The van der Waals surface area contributed by atoms with Crippen LogP contribution in [0, 0.1) is 0 Å². The molecule has 1 aromatic heterocycles. The molecule has 2 aromatic carbocycles. The highest BCUT2D eigenvalue weighted by molar-refractivity contribution is 6.05. The molecule has 1 N–H and O–H groups in total. The summed E-state index contributed by atoms with van der Waals surface area (Å²) in [5, 5.41) is 3.46. The number of hydrogen-bond acceptors (Lipinski definition) is 4. The Morgan fingerprint density at radius 3 is 2.46 bits per heavy atom. The predicted molar refractivity (Wildman–Crippen MR) is 104 cm³/mol. The number of para-hydroxylation sites is 1. The lowest BCUT2D eigenvalue weighted by atomic mass is 10.1. The second kappa shape index (κ2) is 7.97. The molecule has 0 bridgehead atoms. The van der Waals surface area contributed by atoms with Gasteiger partial charge in [0.25, 0.3) is 5.91 Å². The number of carbonyl (C=O) groups excluding carboxylic acids is 1. The summed E-state index contributed by atoms with van der Waals surface area (Å²) in [6.07, 6.45) is 0. The summed E-state index contributed by atoms with van der Waals surface area (Å²) in [6, 6.07) is 16.3. The van der Waals surface area contributed by atoms with Gasteiger partial charge in [-0.15, -0.1) is 0 Å². The SMILES string of the molecule is CCN(CC)Cc1ccc2oc(=O)c(C(=O)Nc3ccccc3)cc2c1.